The van der Waals surface area contributed by atoms with Crippen molar-refractivity contribution < 1.29 is 0 Å². The molecule has 0 saturated carbocycles. The second-order valence-corrected chi connectivity index (χ2v) is 13.3. The minimum absolute atomic E-state index is 0.114. The molecule has 6 unspecified atom stereocenters. The van der Waals surface area contributed by atoms with Gasteiger partial charge >= 0.3 is 0 Å². The molecule has 76 valence electrons. The Morgan fingerprint density at radius 2 is 2.43 bits per heavy atom. The van der Waals surface area contributed by atoms with Gasteiger partial charge in [0.25, 0.3) is 0 Å². The smallest absolute Gasteiger partial charge is 0.0305 e. The number of hydrogen-bond donors (Lipinski definition) is 0. The summed E-state index contributed by atoms with van der Waals surface area (Å²) < 4.78 is 0. The normalized spacial score (nSPS) is 28.2. The highest BCUT2D eigenvalue weighted by atomic mass is 32.6. The second kappa shape index (κ2) is 4.80. The van der Waals surface area contributed by atoms with Crippen LogP contribution >= 0.6 is 33.1 Å². The van der Waals surface area contributed by atoms with Crippen LogP contribution in [0.4, 0.5) is 0 Å². The Labute approximate surface area is 92.9 Å². The quantitative estimate of drug-likeness (QED) is 0.738. The van der Waals surface area contributed by atoms with E-state index in [4.69, 9.17) is 0 Å². The molecule has 1 nitrogen and oxygen atoms in total. The molecule has 6 atom stereocenters. The van der Waals surface area contributed by atoms with E-state index in [0.717, 1.165) is 13.6 Å². The third kappa shape index (κ3) is 2.03. The van der Waals surface area contributed by atoms with Gasteiger partial charge in [-0.1, -0.05) is 22.2 Å². The van der Waals surface area contributed by atoms with Gasteiger partial charge in [-0.3, -0.25) is 4.98 Å². The van der Waals surface area contributed by atoms with Crippen molar-refractivity contribution >= 4 is 33.1 Å². The van der Waals surface area contributed by atoms with Crippen molar-refractivity contribution in [2.75, 3.05) is 0 Å². The Kier molecular flexibility index (Phi) is 3.90. The molecule has 0 aliphatic heterocycles. The Morgan fingerprint density at radius 3 is 3.07 bits per heavy atom. The van der Waals surface area contributed by atoms with Crippen LogP contribution in [-0.4, -0.2) is 10.6 Å². The zero-order valence-electron chi connectivity index (χ0n) is 8.14. The minimum Gasteiger partial charge on any atom is -0.264 e. The molecule has 1 aromatic heterocycles. The first-order valence-electron chi connectivity index (χ1n) is 4.67. The number of nitrogens with zero attached hydrogens (tertiary/aromatic N) is 1. The van der Waals surface area contributed by atoms with E-state index in [1.165, 1.54) is 17.5 Å². The van der Waals surface area contributed by atoms with Gasteiger partial charge in [-0.25, -0.2) is 0 Å². The van der Waals surface area contributed by atoms with Crippen molar-refractivity contribution in [2.24, 2.45) is 0 Å². The van der Waals surface area contributed by atoms with Gasteiger partial charge in [-0.15, -0.1) is 17.9 Å². The number of hydrogen-bond acceptors (Lipinski definition) is 1. The SMILES string of the molecule is CC1c2cnccc2CC1P(P)PP. The molecule has 5 heteroatoms. The van der Waals surface area contributed by atoms with Crippen LogP contribution < -0.4 is 0 Å². The standard InChI is InChI=1S/C9H15NP4/c1-6-8-5-10-3-2-7(8)4-9(6)14(12)13-11/h2-3,5-6,9,13H,4,11-12H2,1H3. The Bertz CT molecular complexity index is 330. The summed E-state index contributed by atoms with van der Waals surface area (Å²) in [5.41, 5.74) is 3.86. The van der Waals surface area contributed by atoms with Gasteiger partial charge in [0.05, 0.1) is 0 Å². The topological polar surface area (TPSA) is 12.9 Å². The molecule has 0 aromatic carbocycles. The first kappa shape index (κ1) is 11.4. The lowest BCUT2D eigenvalue weighted by molar-refractivity contribution is 0.762. The fourth-order valence-electron chi connectivity index (χ4n) is 2.08. The molecule has 0 N–H and O–H groups in total. The molecular weight excluding hydrogens is 246 g/mol. The van der Waals surface area contributed by atoms with E-state index >= 15 is 0 Å². The molecule has 0 amide bonds. The van der Waals surface area contributed by atoms with E-state index in [1.807, 2.05) is 6.20 Å². The summed E-state index contributed by atoms with van der Waals surface area (Å²) in [6.07, 6.45) is 5.23. The summed E-state index contributed by atoms with van der Waals surface area (Å²) in [5.74, 6) is 0.704. The van der Waals surface area contributed by atoms with Gasteiger partial charge in [0.1, 0.15) is 0 Å². The summed E-state index contributed by atoms with van der Waals surface area (Å²) in [6, 6.07) is 2.19. The average Bonchev–Trinajstić information content (AvgIpc) is 2.56. The zero-order valence-corrected chi connectivity index (χ0v) is 12.3. The maximum absolute atomic E-state index is 4.22. The number of rotatable bonds is 2. The van der Waals surface area contributed by atoms with Crippen molar-refractivity contribution in [1.82, 2.24) is 4.98 Å². The first-order chi connectivity index (χ1) is 6.74. The third-order valence-corrected chi connectivity index (χ3v) is 14.3. The largest absolute Gasteiger partial charge is 0.264 e. The Morgan fingerprint density at radius 1 is 1.64 bits per heavy atom. The van der Waals surface area contributed by atoms with Gasteiger partial charge in [-0.05, 0) is 35.2 Å². The summed E-state index contributed by atoms with van der Waals surface area (Å²) >= 11 is 0. The lowest BCUT2D eigenvalue weighted by Gasteiger charge is -2.22. The number of fused-ring (bicyclic) bond motifs is 1. The molecule has 1 aliphatic rings. The first-order valence-corrected chi connectivity index (χ1v) is 11.3. The molecule has 0 spiro atoms. The van der Waals surface area contributed by atoms with Gasteiger partial charge in [-0.2, -0.15) is 0 Å². The summed E-state index contributed by atoms with van der Waals surface area (Å²) in [6.45, 7) is 2.35. The summed E-state index contributed by atoms with van der Waals surface area (Å²) in [5, 5.41) is 0. The van der Waals surface area contributed by atoms with E-state index in [9.17, 15) is 0 Å². The van der Waals surface area contributed by atoms with Crippen LogP contribution in [0, 0.1) is 0 Å². The van der Waals surface area contributed by atoms with Gasteiger partial charge in [0.15, 0.2) is 0 Å². The molecule has 0 radical (unpaired) electrons. The fraction of sp³-hybridized carbons (Fsp3) is 0.444. The predicted molar refractivity (Wildman–Crippen MR) is 74.8 cm³/mol. The number of pyridine rings is 1. The van der Waals surface area contributed by atoms with E-state index in [1.54, 1.807) is 0 Å². The summed E-state index contributed by atoms with van der Waals surface area (Å²) in [7, 11) is 7.07. The highest BCUT2D eigenvalue weighted by Gasteiger charge is 2.32. The van der Waals surface area contributed by atoms with E-state index < -0.39 is 0 Å². The Hall–Kier alpha value is 0.870. The molecule has 2 rings (SSSR count). The van der Waals surface area contributed by atoms with Crippen LogP contribution in [0.25, 0.3) is 0 Å². The number of aromatic nitrogens is 1. The average molecular weight is 261 g/mol. The molecule has 0 bridgehead atoms. The molecular formula is C9H15NP4. The van der Waals surface area contributed by atoms with E-state index in [-0.39, 0.29) is 7.30 Å². The van der Waals surface area contributed by atoms with Gasteiger partial charge in [0, 0.05) is 12.4 Å². The fourth-order valence-corrected chi connectivity index (χ4v) is 7.64. The predicted octanol–water partition coefficient (Wildman–Crippen LogP) is 3.77. The maximum atomic E-state index is 4.22. The van der Waals surface area contributed by atoms with Crippen LogP contribution in [0.1, 0.15) is 24.0 Å². The van der Waals surface area contributed by atoms with Crippen LogP contribution in [0.3, 0.4) is 0 Å². The van der Waals surface area contributed by atoms with E-state index in [2.05, 4.69) is 42.0 Å². The molecule has 0 saturated heterocycles. The van der Waals surface area contributed by atoms with E-state index in [0.29, 0.717) is 5.92 Å². The highest BCUT2D eigenvalue weighted by molar-refractivity contribution is 8.61. The van der Waals surface area contributed by atoms with Gasteiger partial charge in [0.2, 0.25) is 0 Å². The maximum Gasteiger partial charge on any atom is 0.0305 e. The van der Waals surface area contributed by atoms with Crippen molar-refractivity contribution in [3.8, 4) is 0 Å². The monoisotopic (exact) mass is 261 g/mol. The lowest BCUT2D eigenvalue weighted by Crippen LogP contribution is -2.04. The minimum atomic E-state index is 0.114. The second-order valence-electron chi connectivity index (χ2n) is 3.67. The van der Waals surface area contributed by atoms with Crippen molar-refractivity contribution in [1.29, 1.82) is 0 Å². The third-order valence-electron chi connectivity index (χ3n) is 2.95. The molecule has 1 aliphatic carbocycles. The zero-order chi connectivity index (χ0) is 10.1. The van der Waals surface area contributed by atoms with Crippen LogP contribution in [0.5, 0.6) is 0 Å². The molecule has 1 aromatic rings. The Balaban J connectivity index is 2.25. The van der Waals surface area contributed by atoms with Crippen molar-refractivity contribution in [3.63, 3.8) is 0 Å². The van der Waals surface area contributed by atoms with Crippen LogP contribution in [0.15, 0.2) is 18.5 Å². The lowest BCUT2D eigenvalue weighted by atomic mass is 10.1. The molecule has 14 heavy (non-hydrogen) atoms. The van der Waals surface area contributed by atoms with Gasteiger partial charge < -0.3 is 0 Å². The van der Waals surface area contributed by atoms with Crippen molar-refractivity contribution in [3.05, 3.63) is 29.6 Å². The summed E-state index contributed by atoms with van der Waals surface area (Å²) in [4.78, 5) is 4.22. The van der Waals surface area contributed by atoms with Crippen molar-refractivity contribution in [2.45, 2.75) is 24.9 Å². The van der Waals surface area contributed by atoms with Crippen LogP contribution in [-0.2, 0) is 6.42 Å². The molecule has 1 heterocycles. The molecule has 0 fully saturated rings. The van der Waals surface area contributed by atoms with Crippen LogP contribution in [0.2, 0.25) is 0 Å². The highest BCUT2D eigenvalue weighted by Crippen LogP contribution is 2.72.